The molecule has 3 heterocycles. The van der Waals surface area contributed by atoms with Crippen molar-refractivity contribution in [1.29, 1.82) is 0 Å². The summed E-state index contributed by atoms with van der Waals surface area (Å²) >= 11 is 1.50. The molecule has 0 fully saturated rings. The number of carbonyl (C=O) groups excluding carboxylic acids is 2. The molecule has 4 rings (SSSR count). The average molecular weight is 465 g/mol. The molecule has 33 heavy (non-hydrogen) atoms. The van der Waals surface area contributed by atoms with Gasteiger partial charge in [0, 0.05) is 37.1 Å². The van der Waals surface area contributed by atoms with Crippen molar-refractivity contribution in [3.05, 3.63) is 53.9 Å². The van der Waals surface area contributed by atoms with Crippen molar-refractivity contribution >= 4 is 38.5 Å². The topological polar surface area (TPSA) is 91.6 Å². The molecule has 1 aromatic carbocycles. The minimum Gasteiger partial charge on any atom is -0.355 e. The third-order valence-corrected chi connectivity index (χ3v) is 6.69. The van der Waals surface area contributed by atoms with Gasteiger partial charge in [-0.15, -0.1) is 0 Å². The lowest BCUT2D eigenvalue weighted by atomic mass is 10.1. The summed E-state index contributed by atoms with van der Waals surface area (Å²) in [4.78, 5) is 36.7. The van der Waals surface area contributed by atoms with Gasteiger partial charge in [0.1, 0.15) is 0 Å². The van der Waals surface area contributed by atoms with Gasteiger partial charge < -0.3 is 15.5 Å². The van der Waals surface area contributed by atoms with Gasteiger partial charge in [-0.25, -0.2) is 9.97 Å². The number of nitrogens with zero attached hydrogens (tertiary/aromatic N) is 4. The quantitative estimate of drug-likeness (QED) is 0.370. The summed E-state index contributed by atoms with van der Waals surface area (Å²) in [7, 11) is 1.61. The Labute approximate surface area is 196 Å². The Bertz CT molecular complexity index is 1270. The lowest BCUT2D eigenvalue weighted by Crippen LogP contribution is -2.29. The second-order valence-corrected chi connectivity index (χ2v) is 8.73. The maximum Gasteiger partial charge on any atom is 0.252 e. The van der Waals surface area contributed by atoms with E-state index in [0.717, 1.165) is 52.6 Å². The number of aromatic nitrogens is 3. The van der Waals surface area contributed by atoms with Gasteiger partial charge in [0.05, 0.1) is 16.0 Å². The molecule has 9 heteroatoms. The summed E-state index contributed by atoms with van der Waals surface area (Å²) in [5.41, 5.74) is 3.66. The number of nitrogens with one attached hydrogen (secondary N) is 2. The Morgan fingerprint density at radius 2 is 1.85 bits per heavy atom. The summed E-state index contributed by atoms with van der Waals surface area (Å²) in [5.74, 6) is -0.224. The van der Waals surface area contributed by atoms with Crippen LogP contribution in [0.15, 0.2) is 42.7 Å². The van der Waals surface area contributed by atoms with Crippen molar-refractivity contribution in [2.75, 3.05) is 33.2 Å². The van der Waals surface area contributed by atoms with E-state index in [9.17, 15) is 9.59 Å². The highest BCUT2D eigenvalue weighted by Crippen LogP contribution is 2.29. The van der Waals surface area contributed by atoms with Crippen molar-refractivity contribution in [2.24, 2.45) is 0 Å². The van der Waals surface area contributed by atoms with E-state index in [1.54, 1.807) is 25.4 Å². The molecule has 2 amide bonds. The first-order chi connectivity index (χ1) is 16.0. The van der Waals surface area contributed by atoms with Crippen LogP contribution in [0, 0.1) is 0 Å². The Kier molecular flexibility index (Phi) is 7.00. The van der Waals surface area contributed by atoms with Crippen molar-refractivity contribution in [3.8, 4) is 11.3 Å². The van der Waals surface area contributed by atoms with Crippen LogP contribution in [0.1, 0.15) is 41.0 Å². The maximum atomic E-state index is 12.6. The Morgan fingerprint density at radius 3 is 2.55 bits per heavy atom. The SMILES string of the molecule is CCN(CC)CCCNC(=O)c1cnc2c(c1)sc1nc(-c3ccc(C(=O)NC)cc3)cn12. The second kappa shape index (κ2) is 10.1. The lowest BCUT2D eigenvalue weighted by molar-refractivity contribution is 0.0947. The minimum absolute atomic E-state index is 0.105. The average Bonchev–Trinajstić information content (AvgIpc) is 3.41. The number of rotatable bonds is 9. The van der Waals surface area contributed by atoms with Crippen LogP contribution in [0.4, 0.5) is 0 Å². The zero-order valence-corrected chi connectivity index (χ0v) is 19.9. The molecule has 8 nitrogen and oxygen atoms in total. The van der Waals surface area contributed by atoms with E-state index < -0.39 is 0 Å². The summed E-state index contributed by atoms with van der Waals surface area (Å²) < 4.78 is 2.85. The number of hydrogen-bond donors (Lipinski definition) is 2. The van der Waals surface area contributed by atoms with Gasteiger partial charge in [-0.3, -0.25) is 14.0 Å². The van der Waals surface area contributed by atoms with Crippen LogP contribution in [0.5, 0.6) is 0 Å². The highest BCUT2D eigenvalue weighted by atomic mass is 32.1. The normalized spacial score (nSPS) is 11.4. The first-order valence-electron chi connectivity index (χ1n) is 11.1. The molecule has 0 atom stereocenters. The number of carbonyl (C=O) groups is 2. The number of hydrogen-bond acceptors (Lipinski definition) is 6. The van der Waals surface area contributed by atoms with E-state index in [2.05, 4.69) is 34.4 Å². The van der Waals surface area contributed by atoms with E-state index in [1.165, 1.54) is 11.3 Å². The molecule has 2 N–H and O–H groups in total. The molecule has 0 spiro atoms. The molecule has 172 valence electrons. The Balaban J connectivity index is 1.47. The number of thiazole rings is 1. The fraction of sp³-hybridized carbons (Fsp3) is 0.333. The minimum atomic E-state index is -0.119. The van der Waals surface area contributed by atoms with Crippen molar-refractivity contribution in [3.63, 3.8) is 0 Å². The van der Waals surface area contributed by atoms with Gasteiger partial charge in [0.15, 0.2) is 10.6 Å². The molecule has 0 bridgehead atoms. The summed E-state index contributed by atoms with van der Waals surface area (Å²) in [5, 5.41) is 5.61. The van der Waals surface area contributed by atoms with Gasteiger partial charge in [-0.2, -0.15) is 0 Å². The summed E-state index contributed by atoms with van der Waals surface area (Å²) in [6.07, 6.45) is 4.47. The third kappa shape index (κ3) is 4.89. The maximum absolute atomic E-state index is 12.6. The van der Waals surface area contributed by atoms with Crippen LogP contribution >= 0.6 is 11.3 Å². The highest BCUT2D eigenvalue weighted by molar-refractivity contribution is 7.23. The predicted molar refractivity (Wildman–Crippen MR) is 132 cm³/mol. The van der Waals surface area contributed by atoms with Gasteiger partial charge in [0.25, 0.3) is 11.8 Å². The second-order valence-electron chi connectivity index (χ2n) is 7.72. The standard InChI is InChI=1S/C24H28N6O2S/c1-4-29(5-2)12-6-11-26-23(32)18-13-20-21(27-14-18)30-15-19(28-24(30)33-20)16-7-9-17(10-8-16)22(31)25-3/h7-10,13-15H,4-6,11-12H2,1-3H3,(H,25,31)(H,26,32). The molecule has 0 saturated carbocycles. The lowest BCUT2D eigenvalue weighted by Gasteiger charge is -2.17. The number of amides is 2. The largest absolute Gasteiger partial charge is 0.355 e. The van der Waals surface area contributed by atoms with Crippen LogP contribution in [0.25, 0.3) is 26.6 Å². The molecule has 0 saturated heterocycles. The van der Waals surface area contributed by atoms with E-state index in [-0.39, 0.29) is 11.8 Å². The number of benzene rings is 1. The summed E-state index contributed by atoms with van der Waals surface area (Å²) in [6.45, 7) is 7.95. The van der Waals surface area contributed by atoms with E-state index in [0.29, 0.717) is 17.7 Å². The molecular weight excluding hydrogens is 436 g/mol. The van der Waals surface area contributed by atoms with Crippen LogP contribution < -0.4 is 10.6 Å². The molecule has 0 aliphatic rings. The third-order valence-electron chi connectivity index (χ3n) is 5.70. The van der Waals surface area contributed by atoms with Crippen LogP contribution in [0.3, 0.4) is 0 Å². The molecular formula is C24H28N6O2S. The molecule has 4 aromatic rings. The van der Waals surface area contributed by atoms with Gasteiger partial charge in [0.2, 0.25) is 0 Å². The molecule has 3 aromatic heterocycles. The molecule has 0 radical (unpaired) electrons. The highest BCUT2D eigenvalue weighted by Gasteiger charge is 2.14. The predicted octanol–water partition coefficient (Wildman–Crippen LogP) is 3.43. The van der Waals surface area contributed by atoms with Crippen LogP contribution in [-0.2, 0) is 0 Å². The Morgan fingerprint density at radius 1 is 1.09 bits per heavy atom. The smallest absolute Gasteiger partial charge is 0.252 e. The van der Waals surface area contributed by atoms with Crippen molar-refractivity contribution in [2.45, 2.75) is 20.3 Å². The van der Waals surface area contributed by atoms with Gasteiger partial charge in [-0.1, -0.05) is 37.3 Å². The number of imidazole rings is 1. The van der Waals surface area contributed by atoms with Crippen molar-refractivity contribution < 1.29 is 9.59 Å². The van der Waals surface area contributed by atoms with E-state index in [4.69, 9.17) is 4.98 Å². The zero-order chi connectivity index (χ0) is 23.4. The zero-order valence-electron chi connectivity index (χ0n) is 19.1. The first-order valence-corrected chi connectivity index (χ1v) is 12.0. The fourth-order valence-corrected chi connectivity index (χ4v) is 4.73. The molecule has 0 aliphatic carbocycles. The van der Waals surface area contributed by atoms with E-state index in [1.807, 2.05) is 28.8 Å². The van der Waals surface area contributed by atoms with Gasteiger partial charge >= 0.3 is 0 Å². The monoisotopic (exact) mass is 464 g/mol. The van der Waals surface area contributed by atoms with Gasteiger partial charge in [-0.05, 0) is 44.3 Å². The summed E-state index contributed by atoms with van der Waals surface area (Å²) in [6, 6.07) is 9.21. The van der Waals surface area contributed by atoms with E-state index >= 15 is 0 Å². The Hall–Kier alpha value is -3.30. The molecule has 0 unspecified atom stereocenters. The fourth-order valence-electron chi connectivity index (χ4n) is 3.73. The van der Waals surface area contributed by atoms with Crippen molar-refractivity contribution in [1.82, 2.24) is 29.9 Å². The number of fused-ring (bicyclic) bond motifs is 3. The first kappa shape index (κ1) is 22.9. The molecule has 0 aliphatic heterocycles. The van der Waals surface area contributed by atoms with Crippen LogP contribution in [0.2, 0.25) is 0 Å². The number of pyridine rings is 1. The van der Waals surface area contributed by atoms with Crippen LogP contribution in [-0.4, -0.2) is 64.3 Å².